The minimum Gasteiger partial charge on any atom is -0.378 e. The van der Waals surface area contributed by atoms with E-state index in [9.17, 15) is 4.39 Å². The number of hydrogen-bond acceptors (Lipinski definition) is 5. The third-order valence-electron chi connectivity index (χ3n) is 2.22. The molecule has 2 heterocycles. The summed E-state index contributed by atoms with van der Waals surface area (Å²) in [5, 5.41) is 8.56. The first-order valence-corrected chi connectivity index (χ1v) is 5.06. The Labute approximate surface area is 96.4 Å². The minimum absolute atomic E-state index is 0.0693. The van der Waals surface area contributed by atoms with Gasteiger partial charge in [-0.1, -0.05) is 0 Å². The van der Waals surface area contributed by atoms with Crippen LogP contribution < -0.4 is 4.90 Å². The fraction of sp³-hybridized carbons (Fsp3) is 0.444. The summed E-state index contributed by atoms with van der Waals surface area (Å²) in [6.07, 6.45) is 0. The highest BCUT2D eigenvalue weighted by molar-refractivity contribution is 6.28. The van der Waals surface area contributed by atoms with Gasteiger partial charge in [-0.3, -0.25) is 0 Å². The van der Waals surface area contributed by atoms with Crippen molar-refractivity contribution in [2.24, 2.45) is 0 Å². The Kier molecular flexibility index (Phi) is 3.17. The summed E-state index contributed by atoms with van der Waals surface area (Å²) >= 11 is 5.62. The fourth-order valence-electron chi connectivity index (χ4n) is 1.47. The van der Waals surface area contributed by atoms with Gasteiger partial charge in [0.2, 0.25) is 11.1 Å². The molecule has 0 aliphatic carbocycles. The molecule has 0 saturated carbocycles. The van der Waals surface area contributed by atoms with E-state index in [1.807, 2.05) is 0 Å². The summed E-state index contributed by atoms with van der Waals surface area (Å²) in [7, 11) is 0. The van der Waals surface area contributed by atoms with Gasteiger partial charge in [0.1, 0.15) is 6.07 Å². The predicted octanol–water partition coefficient (Wildman–Crippen LogP) is 0.977. The van der Waals surface area contributed by atoms with Crippen LogP contribution in [0.1, 0.15) is 5.69 Å². The molecule has 0 amide bonds. The molecule has 1 aromatic rings. The number of rotatable bonds is 1. The first kappa shape index (κ1) is 11.0. The van der Waals surface area contributed by atoms with Gasteiger partial charge in [-0.25, -0.2) is 4.98 Å². The Balaban J connectivity index is 2.39. The van der Waals surface area contributed by atoms with E-state index in [1.165, 1.54) is 0 Å². The molecule has 0 N–H and O–H groups in total. The maximum absolute atomic E-state index is 13.7. The minimum atomic E-state index is -0.728. The van der Waals surface area contributed by atoms with Crippen molar-refractivity contribution in [3.8, 4) is 6.07 Å². The molecule has 84 valence electrons. The Morgan fingerprint density at radius 2 is 2.06 bits per heavy atom. The Morgan fingerprint density at radius 3 is 2.69 bits per heavy atom. The molecule has 0 aromatic carbocycles. The molecule has 2 rings (SSSR count). The van der Waals surface area contributed by atoms with Gasteiger partial charge in [0, 0.05) is 13.1 Å². The van der Waals surface area contributed by atoms with Gasteiger partial charge in [-0.05, 0) is 11.6 Å². The van der Waals surface area contributed by atoms with E-state index in [1.54, 1.807) is 11.0 Å². The van der Waals surface area contributed by atoms with E-state index in [-0.39, 0.29) is 16.8 Å². The number of anilines is 1. The molecule has 16 heavy (non-hydrogen) atoms. The monoisotopic (exact) mass is 242 g/mol. The van der Waals surface area contributed by atoms with Crippen LogP contribution in [0.2, 0.25) is 5.28 Å². The molecule has 1 fully saturated rings. The normalized spacial score (nSPS) is 15.9. The van der Waals surface area contributed by atoms with Crippen LogP contribution in [-0.4, -0.2) is 36.3 Å². The molecule has 0 bridgehead atoms. The van der Waals surface area contributed by atoms with E-state index in [0.29, 0.717) is 26.3 Å². The van der Waals surface area contributed by atoms with E-state index in [2.05, 4.69) is 9.97 Å². The second kappa shape index (κ2) is 4.60. The number of aromatic nitrogens is 2. The van der Waals surface area contributed by atoms with Gasteiger partial charge in [0.15, 0.2) is 11.5 Å². The van der Waals surface area contributed by atoms with Crippen LogP contribution in [-0.2, 0) is 4.74 Å². The SMILES string of the molecule is N#Cc1nc(Cl)nc(N2CCOCC2)c1F. The van der Waals surface area contributed by atoms with Crippen molar-refractivity contribution in [3.63, 3.8) is 0 Å². The molecule has 7 heteroatoms. The zero-order valence-electron chi connectivity index (χ0n) is 8.28. The van der Waals surface area contributed by atoms with Crippen LogP contribution in [0.25, 0.3) is 0 Å². The maximum atomic E-state index is 13.7. The topological polar surface area (TPSA) is 62.0 Å². The molecule has 5 nitrogen and oxygen atoms in total. The van der Waals surface area contributed by atoms with Crippen molar-refractivity contribution in [3.05, 3.63) is 16.8 Å². The van der Waals surface area contributed by atoms with Gasteiger partial charge in [0.25, 0.3) is 0 Å². The fourth-order valence-corrected chi connectivity index (χ4v) is 1.63. The second-order valence-electron chi connectivity index (χ2n) is 3.19. The number of ether oxygens (including phenoxy) is 1. The lowest BCUT2D eigenvalue weighted by molar-refractivity contribution is 0.122. The molecule has 0 spiro atoms. The van der Waals surface area contributed by atoms with E-state index in [0.717, 1.165) is 0 Å². The Bertz CT molecular complexity index is 442. The van der Waals surface area contributed by atoms with Gasteiger partial charge >= 0.3 is 0 Å². The first-order valence-electron chi connectivity index (χ1n) is 4.68. The van der Waals surface area contributed by atoms with Crippen LogP contribution in [0, 0.1) is 17.1 Å². The van der Waals surface area contributed by atoms with Crippen LogP contribution in [0.5, 0.6) is 0 Å². The van der Waals surface area contributed by atoms with Crippen LogP contribution in [0.3, 0.4) is 0 Å². The summed E-state index contributed by atoms with van der Waals surface area (Å²) in [5.41, 5.74) is -0.332. The Hall–Kier alpha value is -1.45. The number of nitriles is 1. The molecule has 1 aliphatic heterocycles. The molecule has 1 aromatic heterocycles. The van der Waals surface area contributed by atoms with Gasteiger partial charge in [-0.2, -0.15) is 14.6 Å². The van der Waals surface area contributed by atoms with Crippen molar-refractivity contribution in [2.75, 3.05) is 31.2 Å². The summed E-state index contributed by atoms with van der Waals surface area (Å²) in [5.74, 6) is -0.659. The number of nitrogens with zero attached hydrogens (tertiary/aromatic N) is 4. The lowest BCUT2D eigenvalue weighted by Crippen LogP contribution is -2.37. The van der Waals surface area contributed by atoms with Gasteiger partial charge < -0.3 is 9.64 Å². The zero-order chi connectivity index (χ0) is 11.5. The second-order valence-corrected chi connectivity index (χ2v) is 3.53. The van der Waals surface area contributed by atoms with E-state index < -0.39 is 5.82 Å². The van der Waals surface area contributed by atoms with Crippen molar-refractivity contribution in [1.29, 1.82) is 5.26 Å². The standard InChI is InChI=1S/C9H8ClFN4O/c10-9-13-6(5-12)7(11)8(14-9)15-1-3-16-4-2-15/h1-4H2. The first-order chi connectivity index (χ1) is 7.72. The summed E-state index contributed by atoms with van der Waals surface area (Å²) in [4.78, 5) is 9.00. The quantitative estimate of drug-likeness (QED) is 0.687. The van der Waals surface area contributed by atoms with Gasteiger partial charge in [-0.15, -0.1) is 0 Å². The average molecular weight is 243 g/mol. The summed E-state index contributed by atoms with van der Waals surface area (Å²) in [6.45, 7) is 2.05. The van der Waals surface area contributed by atoms with E-state index >= 15 is 0 Å². The summed E-state index contributed by atoms with van der Waals surface area (Å²) in [6, 6.07) is 1.65. The van der Waals surface area contributed by atoms with Crippen molar-refractivity contribution in [2.45, 2.75) is 0 Å². The van der Waals surface area contributed by atoms with E-state index in [4.69, 9.17) is 21.6 Å². The third-order valence-corrected chi connectivity index (χ3v) is 2.39. The number of hydrogen-bond donors (Lipinski definition) is 0. The molecule has 1 saturated heterocycles. The predicted molar refractivity (Wildman–Crippen MR) is 54.7 cm³/mol. The maximum Gasteiger partial charge on any atom is 0.225 e. The largest absolute Gasteiger partial charge is 0.378 e. The Morgan fingerprint density at radius 1 is 1.38 bits per heavy atom. The van der Waals surface area contributed by atoms with Crippen LogP contribution >= 0.6 is 11.6 Å². The summed E-state index contributed by atoms with van der Waals surface area (Å²) < 4.78 is 18.9. The van der Waals surface area contributed by atoms with Gasteiger partial charge in [0.05, 0.1) is 13.2 Å². The highest BCUT2D eigenvalue weighted by Crippen LogP contribution is 2.21. The van der Waals surface area contributed by atoms with Crippen LogP contribution in [0.15, 0.2) is 0 Å². The third kappa shape index (κ3) is 2.05. The molecule has 1 aliphatic rings. The highest BCUT2D eigenvalue weighted by Gasteiger charge is 2.20. The van der Waals surface area contributed by atoms with Crippen molar-refractivity contribution >= 4 is 17.4 Å². The van der Waals surface area contributed by atoms with Crippen molar-refractivity contribution in [1.82, 2.24) is 9.97 Å². The highest BCUT2D eigenvalue weighted by atomic mass is 35.5. The zero-order valence-corrected chi connectivity index (χ0v) is 9.04. The molecular weight excluding hydrogens is 235 g/mol. The smallest absolute Gasteiger partial charge is 0.225 e. The van der Waals surface area contributed by atoms with Crippen molar-refractivity contribution < 1.29 is 9.13 Å². The average Bonchev–Trinajstić information content (AvgIpc) is 2.33. The molecule has 0 unspecified atom stereocenters. The lowest BCUT2D eigenvalue weighted by Gasteiger charge is -2.27. The van der Waals surface area contributed by atoms with Crippen LogP contribution in [0.4, 0.5) is 10.2 Å². The molecule has 0 atom stereocenters. The number of morpholine rings is 1. The lowest BCUT2D eigenvalue weighted by atomic mass is 10.3. The molecule has 0 radical (unpaired) electrons. The number of halogens is 2. The molecular formula is C9H8ClFN4O.